The number of amides is 1. The van der Waals surface area contributed by atoms with E-state index in [1.54, 1.807) is 29.7 Å². The van der Waals surface area contributed by atoms with Gasteiger partial charge >= 0.3 is 0 Å². The molecule has 27 heavy (non-hydrogen) atoms. The summed E-state index contributed by atoms with van der Waals surface area (Å²) in [6.45, 7) is 2.26. The number of halogens is 1. The van der Waals surface area contributed by atoms with Crippen molar-refractivity contribution in [3.8, 4) is 0 Å². The van der Waals surface area contributed by atoms with Crippen molar-refractivity contribution in [3.63, 3.8) is 0 Å². The van der Waals surface area contributed by atoms with Gasteiger partial charge in [0.25, 0.3) is 5.91 Å². The van der Waals surface area contributed by atoms with Gasteiger partial charge in [0.15, 0.2) is 0 Å². The van der Waals surface area contributed by atoms with Crippen LogP contribution in [-0.4, -0.2) is 15.5 Å². The van der Waals surface area contributed by atoms with E-state index < -0.39 is 6.04 Å². The lowest BCUT2D eigenvalue weighted by molar-refractivity contribution is 0.0940. The lowest BCUT2D eigenvalue weighted by Gasteiger charge is -2.21. The predicted molar refractivity (Wildman–Crippen MR) is 104 cm³/mol. The van der Waals surface area contributed by atoms with Crippen molar-refractivity contribution in [1.29, 1.82) is 0 Å². The highest BCUT2D eigenvalue weighted by Crippen LogP contribution is 2.33. The van der Waals surface area contributed by atoms with Crippen LogP contribution in [0.15, 0.2) is 42.0 Å². The van der Waals surface area contributed by atoms with Crippen molar-refractivity contribution in [2.75, 3.05) is 0 Å². The Bertz CT molecular complexity index is 960. The first kappa shape index (κ1) is 17.9. The molecule has 2 unspecified atom stereocenters. The molecule has 0 saturated heterocycles. The standard InChI is InChI=1S/C21H22FN3OS/c1-13-3-8-16-17(12-27-18(16)11-13)21(26)24-19(20-23-9-10-25(20)2)14-4-6-15(22)7-5-14/h4-7,9-10,12-13,19H,3,8,11H2,1-2H3,(H,24,26). The molecule has 1 aliphatic rings. The number of thiophene rings is 1. The van der Waals surface area contributed by atoms with Crippen molar-refractivity contribution in [2.45, 2.75) is 32.2 Å². The number of hydrogen-bond acceptors (Lipinski definition) is 3. The number of aromatic nitrogens is 2. The van der Waals surface area contributed by atoms with Crippen LogP contribution in [0.1, 0.15) is 51.6 Å². The lowest BCUT2D eigenvalue weighted by atomic mass is 9.88. The van der Waals surface area contributed by atoms with Crippen LogP contribution >= 0.6 is 11.3 Å². The fourth-order valence-electron chi connectivity index (χ4n) is 3.68. The fraction of sp³-hybridized carbons (Fsp3) is 0.333. The van der Waals surface area contributed by atoms with Crippen LogP contribution < -0.4 is 5.32 Å². The molecule has 2 heterocycles. The predicted octanol–water partition coefficient (Wildman–Crippen LogP) is 4.26. The van der Waals surface area contributed by atoms with Crippen LogP contribution in [0.25, 0.3) is 0 Å². The molecule has 1 aliphatic carbocycles. The van der Waals surface area contributed by atoms with E-state index in [1.165, 1.54) is 22.6 Å². The minimum Gasteiger partial charge on any atom is -0.338 e. The number of aryl methyl sites for hydroxylation is 1. The first-order chi connectivity index (χ1) is 13.0. The number of benzene rings is 1. The number of carbonyl (C=O) groups is 1. The fourth-order valence-corrected chi connectivity index (χ4v) is 4.93. The Balaban J connectivity index is 1.65. The molecule has 1 amide bonds. The summed E-state index contributed by atoms with van der Waals surface area (Å²) in [5.41, 5.74) is 2.76. The second-order valence-corrected chi connectivity index (χ2v) is 8.22. The second kappa shape index (κ2) is 7.27. The van der Waals surface area contributed by atoms with Crippen molar-refractivity contribution in [3.05, 3.63) is 75.2 Å². The molecule has 0 saturated carbocycles. The summed E-state index contributed by atoms with van der Waals surface area (Å²) < 4.78 is 15.2. The average Bonchev–Trinajstić information content (AvgIpc) is 3.26. The van der Waals surface area contributed by atoms with Crippen LogP contribution in [0.3, 0.4) is 0 Å². The van der Waals surface area contributed by atoms with E-state index in [0.29, 0.717) is 11.7 Å². The van der Waals surface area contributed by atoms with E-state index in [4.69, 9.17) is 0 Å². The zero-order chi connectivity index (χ0) is 19.0. The van der Waals surface area contributed by atoms with Gasteiger partial charge in [-0.15, -0.1) is 11.3 Å². The van der Waals surface area contributed by atoms with Crippen molar-refractivity contribution < 1.29 is 9.18 Å². The highest BCUT2D eigenvalue weighted by molar-refractivity contribution is 7.10. The molecule has 2 atom stereocenters. The van der Waals surface area contributed by atoms with E-state index in [1.807, 2.05) is 23.2 Å². The van der Waals surface area contributed by atoms with Gasteiger partial charge in [-0.25, -0.2) is 9.37 Å². The van der Waals surface area contributed by atoms with Crippen LogP contribution in [0, 0.1) is 11.7 Å². The molecular weight excluding hydrogens is 361 g/mol. The van der Waals surface area contributed by atoms with E-state index >= 15 is 0 Å². The Morgan fingerprint density at radius 2 is 2.15 bits per heavy atom. The van der Waals surface area contributed by atoms with Crippen LogP contribution in [0.5, 0.6) is 0 Å². The van der Waals surface area contributed by atoms with Crippen molar-refractivity contribution in [2.24, 2.45) is 13.0 Å². The van der Waals surface area contributed by atoms with Crippen LogP contribution in [0.4, 0.5) is 4.39 Å². The molecule has 0 radical (unpaired) electrons. The van der Waals surface area contributed by atoms with E-state index in [-0.39, 0.29) is 11.7 Å². The van der Waals surface area contributed by atoms with Crippen molar-refractivity contribution in [1.82, 2.24) is 14.9 Å². The van der Waals surface area contributed by atoms with E-state index in [0.717, 1.165) is 30.4 Å². The molecule has 140 valence electrons. The largest absolute Gasteiger partial charge is 0.338 e. The van der Waals surface area contributed by atoms with E-state index in [2.05, 4.69) is 17.2 Å². The average molecular weight is 383 g/mol. The Kier molecular flexibility index (Phi) is 4.83. The molecular formula is C21H22FN3OS. The second-order valence-electron chi connectivity index (χ2n) is 7.25. The quantitative estimate of drug-likeness (QED) is 0.732. The first-order valence-electron chi connectivity index (χ1n) is 9.15. The number of nitrogens with one attached hydrogen (secondary N) is 1. The highest BCUT2D eigenvalue weighted by atomic mass is 32.1. The molecule has 4 nitrogen and oxygen atoms in total. The first-order valence-corrected chi connectivity index (χ1v) is 10.0. The van der Waals surface area contributed by atoms with Crippen molar-refractivity contribution >= 4 is 17.2 Å². The van der Waals surface area contributed by atoms with Gasteiger partial charge in [-0.05, 0) is 48.4 Å². The molecule has 1 aromatic carbocycles. The summed E-state index contributed by atoms with van der Waals surface area (Å²) in [5, 5.41) is 5.09. The van der Waals surface area contributed by atoms with Gasteiger partial charge in [-0.3, -0.25) is 4.79 Å². The SMILES string of the molecule is CC1CCc2c(C(=O)NC(c3ccc(F)cc3)c3nccn3C)csc2C1. The Hall–Kier alpha value is -2.47. The number of fused-ring (bicyclic) bond motifs is 1. The number of rotatable bonds is 4. The molecule has 6 heteroatoms. The van der Waals surface area contributed by atoms with Gasteiger partial charge in [-0.2, -0.15) is 0 Å². The summed E-state index contributed by atoms with van der Waals surface area (Å²) in [6, 6.07) is 5.77. The maximum atomic E-state index is 13.4. The van der Waals surface area contributed by atoms with Gasteiger partial charge in [0.1, 0.15) is 17.7 Å². The smallest absolute Gasteiger partial charge is 0.253 e. The molecule has 4 rings (SSSR count). The number of imidazole rings is 1. The lowest BCUT2D eigenvalue weighted by Crippen LogP contribution is -2.31. The minimum absolute atomic E-state index is 0.0978. The van der Waals surface area contributed by atoms with Gasteiger partial charge in [0, 0.05) is 29.7 Å². The normalized spacial score (nSPS) is 17.4. The van der Waals surface area contributed by atoms with Crippen LogP contribution in [-0.2, 0) is 19.9 Å². The summed E-state index contributed by atoms with van der Waals surface area (Å²) >= 11 is 1.68. The molecule has 0 spiro atoms. The minimum atomic E-state index is -0.434. The summed E-state index contributed by atoms with van der Waals surface area (Å²) in [7, 11) is 1.89. The van der Waals surface area contributed by atoms with Gasteiger partial charge in [0.2, 0.25) is 0 Å². The third kappa shape index (κ3) is 3.54. The Labute approximate surface area is 162 Å². The Morgan fingerprint density at radius 3 is 2.85 bits per heavy atom. The van der Waals surface area contributed by atoms with Gasteiger partial charge < -0.3 is 9.88 Å². The van der Waals surface area contributed by atoms with Crippen LogP contribution in [0.2, 0.25) is 0 Å². The summed E-state index contributed by atoms with van der Waals surface area (Å²) in [4.78, 5) is 18.8. The summed E-state index contributed by atoms with van der Waals surface area (Å²) in [6.07, 6.45) is 6.66. The molecule has 0 aliphatic heterocycles. The maximum Gasteiger partial charge on any atom is 0.253 e. The molecule has 3 aromatic rings. The molecule has 1 N–H and O–H groups in total. The number of carbonyl (C=O) groups excluding carboxylic acids is 1. The molecule has 2 aromatic heterocycles. The number of nitrogens with zero attached hydrogens (tertiary/aromatic N) is 2. The third-order valence-corrected chi connectivity index (χ3v) is 6.29. The number of hydrogen-bond donors (Lipinski definition) is 1. The topological polar surface area (TPSA) is 46.9 Å². The molecule has 0 bridgehead atoms. The monoisotopic (exact) mass is 383 g/mol. The zero-order valence-corrected chi connectivity index (χ0v) is 16.2. The molecule has 0 fully saturated rings. The van der Waals surface area contributed by atoms with Gasteiger partial charge in [0.05, 0.1) is 5.56 Å². The highest BCUT2D eigenvalue weighted by Gasteiger charge is 2.26. The third-order valence-electron chi connectivity index (χ3n) is 5.24. The summed E-state index contributed by atoms with van der Waals surface area (Å²) in [5.74, 6) is 0.989. The Morgan fingerprint density at radius 1 is 1.37 bits per heavy atom. The zero-order valence-electron chi connectivity index (χ0n) is 15.4. The van der Waals surface area contributed by atoms with Gasteiger partial charge in [-0.1, -0.05) is 19.1 Å². The van der Waals surface area contributed by atoms with E-state index in [9.17, 15) is 9.18 Å². The maximum absolute atomic E-state index is 13.4.